The van der Waals surface area contributed by atoms with E-state index in [1.807, 2.05) is 17.8 Å². The Morgan fingerprint density at radius 1 is 1.40 bits per heavy atom. The molecular weight excluding hydrogens is 459 g/mol. The number of rotatable bonds is 7. The average Bonchev–Trinajstić information content (AvgIpc) is 3.00. The van der Waals surface area contributed by atoms with E-state index in [1.165, 1.54) is 18.6 Å². The molecule has 2 rings (SSSR count). The van der Waals surface area contributed by atoms with Crippen LogP contribution in [0.15, 0.2) is 29.3 Å². The summed E-state index contributed by atoms with van der Waals surface area (Å²) in [7, 11) is 1.74. The molecule has 0 spiro atoms. The number of thioether (sulfide) groups is 1. The summed E-state index contributed by atoms with van der Waals surface area (Å²) in [5.74, 6) is 2.41. The molecule has 1 unspecified atom stereocenters. The molecule has 8 heteroatoms. The minimum atomic E-state index is -2.47. The number of alkyl halides is 2. The monoisotopic (exact) mass is 485 g/mol. The lowest BCUT2D eigenvalue weighted by Gasteiger charge is -2.24. The molecule has 0 bridgehead atoms. The SMILES string of the molecule is CN=C(NCc1cccc(OCC(F)F)c1)NCC1(C)CCCS1.I. The van der Waals surface area contributed by atoms with Gasteiger partial charge >= 0.3 is 0 Å². The molecule has 1 aromatic carbocycles. The molecule has 0 radical (unpaired) electrons. The number of hydrogen-bond donors (Lipinski definition) is 2. The predicted octanol–water partition coefficient (Wildman–Crippen LogP) is 3.90. The van der Waals surface area contributed by atoms with Crippen molar-refractivity contribution in [2.75, 3.05) is 26.0 Å². The normalized spacial score (nSPS) is 20.3. The van der Waals surface area contributed by atoms with Crippen LogP contribution in [0.25, 0.3) is 0 Å². The van der Waals surface area contributed by atoms with Crippen molar-refractivity contribution < 1.29 is 13.5 Å². The zero-order valence-corrected chi connectivity index (χ0v) is 17.7. The summed E-state index contributed by atoms with van der Waals surface area (Å²) < 4.78 is 29.7. The summed E-state index contributed by atoms with van der Waals surface area (Å²) in [6.45, 7) is 3.11. The van der Waals surface area contributed by atoms with Crippen molar-refractivity contribution in [1.82, 2.24) is 10.6 Å². The van der Waals surface area contributed by atoms with Gasteiger partial charge in [0, 0.05) is 24.9 Å². The van der Waals surface area contributed by atoms with Crippen LogP contribution < -0.4 is 15.4 Å². The molecule has 25 heavy (non-hydrogen) atoms. The highest BCUT2D eigenvalue weighted by Gasteiger charge is 2.29. The van der Waals surface area contributed by atoms with E-state index in [9.17, 15) is 8.78 Å². The molecule has 1 aromatic rings. The highest BCUT2D eigenvalue weighted by Crippen LogP contribution is 2.36. The van der Waals surface area contributed by atoms with E-state index in [0.29, 0.717) is 12.3 Å². The second-order valence-electron chi connectivity index (χ2n) is 6.03. The Bertz CT molecular complexity index is 554. The van der Waals surface area contributed by atoms with Gasteiger partial charge in [-0.1, -0.05) is 12.1 Å². The van der Waals surface area contributed by atoms with Crippen LogP contribution in [0.4, 0.5) is 8.78 Å². The summed E-state index contributed by atoms with van der Waals surface area (Å²) >= 11 is 2.00. The molecule has 2 N–H and O–H groups in total. The van der Waals surface area contributed by atoms with Crippen molar-refractivity contribution in [3.63, 3.8) is 0 Å². The first kappa shape index (κ1) is 22.3. The third-order valence-electron chi connectivity index (χ3n) is 3.89. The van der Waals surface area contributed by atoms with E-state index < -0.39 is 13.0 Å². The number of ether oxygens (including phenoxy) is 1. The fourth-order valence-electron chi connectivity index (χ4n) is 2.56. The van der Waals surface area contributed by atoms with Crippen LogP contribution in [0, 0.1) is 0 Å². The Balaban J connectivity index is 0.00000312. The molecule has 0 saturated carbocycles. The standard InChI is InChI=1S/C17H25F2N3OS.HI/c1-17(7-4-8-24-17)12-22-16(20-2)21-10-13-5-3-6-14(9-13)23-11-15(18)19;/h3,5-6,9,15H,4,7-8,10-12H2,1-2H3,(H2,20,21,22);1H. The third kappa shape index (κ3) is 7.98. The van der Waals surface area contributed by atoms with E-state index in [4.69, 9.17) is 4.74 Å². The average molecular weight is 485 g/mol. The maximum atomic E-state index is 12.2. The van der Waals surface area contributed by atoms with Crippen molar-refractivity contribution in [3.8, 4) is 5.75 Å². The van der Waals surface area contributed by atoms with Crippen LogP contribution in [-0.2, 0) is 6.54 Å². The topological polar surface area (TPSA) is 45.7 Å². The van der Waals surface area contributed by atoms with Gasteiger partial charge in [0.1, 0.15) is 12.4 Å². The lowest BCUT2D eigenvalue weighted by Crippen LogP contribution is -2.43. The largest absolute Gasteiger partial charge is 0.488 e. The van der Waals surface area contributed by atoms with Crippen LogP contribution in [0.1, 0.15) is 25.3 Å². The maximum Gasteiger partial charge on any atom is 0.272 e. The van der Waals surface area contributed by atoms with Crippen molar-refractivity contribution in [3.05, 3.63) is 29.8 Å². The fraction of sp³-hybridized carbons (Fsp3) is 0.588. The summed E-state index contributed by atoms with van der Waals surface area (Å²) in [6.07, 6.45) is 0.00971. The van der Waals surface area contributed by atoms with Gasteiger partial charge < -0.3 is 15.4 Å². The Hall–Kier alpha value is -0.770. The molecule has 4 nitrogen and oxygen atoms in total. The molecule has 142 valence electrons. The first-order valence-corrected chi connectivity index (χ1v) is 9.08. The van der Waals surface area contributed by atoms with E-state index >= 15 is 0 Å². The van der Waals surface area contributed by atoms with Gasteiger partial charge in [-0.15, -0.1) is 24.0 Å². The van der Waals surface area contributed by atoms with Crippen molar-refractivity contribution in [2.45, 2.75) is 37.5 Å². The summed E-state index contributed by atoms with van der Waals surface area (Å²) in [5, 5.41) is 6.61. The highest BCUT2D eigenvalue weighted by atomic mass is 127. The van der Waals surface area contributed by atoms with Crippen LogP contribution in [0.5, 0.6) is 5.75 Å². The number of aliphatic imine (C=N–C) groups is 1. The van der Waals surface area contributed by atoms with Crippen molar-refractivity contribution >= 4 is 41.7 Å². The summed E-state index contributed by atoms with van der Waals surface area (Å²) in [5.41, 5.74) is 0.950. The van der Waals surface area contributed by atoms with Gasteiger partial charge in [-0.05, 0) is 43.2 Å². The molecule has 1 aliphatic rings. The van der Waals surface area contributed by atoms with Crippen molar-refractivity contribution in [2.24, 2.45) is 4.99 Å². The molecule has 0 amide bonds. The second kappa shape index (κ2) is 11.1. The number of hydrogen-bond acceptors (Lipinski definition) is 3. The molecule has 1 aliphatic heterocycles. The highest BCUT2D eigenvalue weighted by molar-refractivity contribution is 14.0. The Labute approximate surface area is 169 Å². The minimum absolute atomic E-state index is 0. The van der Waals surface area contributed by atoms with Gasteiger partial charge in [0.05, 0.1) is 0 Å². The Morgan fingerprint density at radius 2 is 2.20 bits per heavy atom. The van der Waals surface area contributed by atoms with E-state index in [0.717, 1.165) is 18.1 Å². The summed E-state index contributed by atoms with van der Waals surface area (Å²) in [6, 6.07) is 7.15. The van der Waals surface area contributed by atoms with E-state index in [-0.39, 0.29) is 28.7 Å². The first-order chi connectivity index (χ1) is 11.5. The lowest BCUT2D eigenvalue weighted by atomic mass is 10.1. The molecule has 0 aromatic heterocycles. The van der Waals surface area contributed by atoms with Crippen LogP contribution in [0.2, 0.25) is 0 Å². The molecule has 1 atom stereocenters. The van der Waals surface area contributed by atoms with Crippen LogP contribution in [-0.4, -0.2) is 43.1 Å². The second-order valence-corrected chi connectivity index (χ2v) is 7.71. The van der Waals surface area contributed by atoms with E-state index in [2.05, 4.69) is 22.5 Å². The summed E-state index contributed by atoms with van der Waals surface area (Å²) in [4.78, 5) is 4.23. The quantitative estimate of drug-likeness (QED) is 0.350. The van der Waals surface area contributed by atoms with Gasteiger partial charge in [0.2, 0.25) is 0 Å². The van der Waals surface area contributed by atoms with Crippen LogP contribution in [0.3, 0.4) is 0 Å². The number of nitrogens with one attached hydrogen (secondary N) is 2. The van der Waals surface area contributed by atoms with Gasteiger partial charge in [0.25, 0.3) is 6.43 Å². The zero-order valence-electron chi connectivity index (χ0n) is 14.6. The number of halogens is 3. The van der Waals surface area contributed by atoms with Crippen LogP contribution >= 0.6 is 35.7 Å². The Morgan fingerprint density at radius 3 is 2.84 bits per heavy atom. The van der Waals surface area contributed by atoms with Gasteiger partial charge in [0.15, 0.2) is 5.96 Å². The van der Waals surface area contributed by atoms with Gasteiger partial charge in [-0.2, -0.15) is 11.8 Å². The third-order valence-corrected chi connectivity index (χ3v) is 5.43. The predicted molar refractivity (Wildman–Crippen MR) is 112 cm³/mol. The van der Waals surface area contributed by atoms with Crippen molar-refractivity contribution in [1.29, 1.82) is 0 Å². The number of guanidine groups is 1. The zero-order chi connectivity index (χ0) is 17.4. The smallest absolute Gasteiger partial charge is 0.272 e. The number of benzene rings is 1. The molecule has 1 saturated heterocycles. The molecule has 1 fully saturated rings. The lowest BCUT2D eigenvalue weighted by molar-refractivity contribution is 0.0818. The van der Waals surface area contributed by atoms with E-state index in [1.54, 1.807) is 25.2 Å². The first-order valence-electron chi connectivity index (χ1n) is 8.09. The van der Waals surface area contributed by atoms with Gasteiger partial charge in [-0.3, -0.25) is 4.99 Å². The Kier molecular flexibility index (Phi) is 9.84. The minimum Gasteiger partial charge on any atom is -0.488 e. The molecule has 0 aliphatic carbocycles. The molecule has 1 heterocycles. The fourth-order valence-corrected chi connectivity index (χ4v) is 3.80. The molecular formula is C17H26F2IN3OS. The number of nitrogens with zero attached hydrogens (tertiary/aromatic N) is 1. The maximum absolute atomic E-state index is 12.2. The van der Waals surface area contributed by atoms with Gasteiger partial charge in [-0.25, -0.2) is 8.78 Å².